The predicted molar refractivity (Wildman–Crippen MR) is 104 cm³/mol. The average Bonchev–Trinajstić information content (AvgIpc) is 3.08. The normalized spacial score (nSPS) is 12.8. The number of nitrogens with zero attached hydrogens (tertiary/aromatic N) is 3. The molecule has 0 radical (unpaired) electrons. The van der Waals surface area contributed by atoms with E-state index in [-0.39, 0.29) is 12.4 Å². The summed E-state index contributed by atoms with van der Waals surface area (Å²) in [5.41, 5.74) is 2.22. The molecule has 1 unspecified atom stereocenters. The van der Waals surface area contributed by atoms with Gasteiger partial charge in [-0.2, -0.15) is 13.2 Å². The van der Waals surface area contributed by atoms with Gasteiger partial charge in [0.2, 0.25) is 0 Å². The van der Waals surface area contributed by atoms with Gasteiger partial charge in [0.15, 0.2) is 11.5 Å². The van der Waals surface area contributed by atoms with Gasteiger partial charge in [-0.05, 0) is 49.7 Å². The van der Waals surface area contributed by atoms with Crippen molar-refractivity contribution in [3.8, 4) is 6.01 Å². The van der Waals surface area contributed by atoms with Crippen molar-refractivity contribution in [1.29, 1.82) is 0 Å². The number of halogens is 3. The van der Waals surface area contributed by atoms with E-state index in [9.17, 15) is 13.2 Å². The van der Waals surface area contributed by atoms with E-state index < -0.39 is 17.8 Å². The number of rotatable bonds is 5. The highest BCUT2D eigenvalue weighted by Crippen LogP contribution is 2.33. The van der Waals surface area contributed by atoms with Gasteiger partial charge in [0.1, 0.15) is 11.6 Å². The molecule has 5 nitrogen and oxygen atoms in total. The number of hydrogen-bond donors (Lipinski definition) is 0. The summed E-state index contributed by atoms with van der Waals surface area (Å²) in [5, 5.41) is 0. The van der Waals surface area contributed by atoms with Crippen LogP contribution in [0.5, 0.6) is 6.01 Å². The van der Waals surface area contributed by atoms with Gasteiger partial charge in [0.25, 0.3) is 0 Å². The molecule has 30 heavy (non-hydrogen) atoms. The van der Waals surface area contributed by atoms with Crippen LogP contribution in [-0.4, -0.2) is 15.0 Å². The summed E-state index contributed by atoms with van der Waals surface area (Å²) in [6.07, 6.45) is -5.16. The molecule has 2 heterocycles. The summed E-state index contributed by atoms with van der Waals surface area (Å²) in [5.74, 6) is 0.350. The molecule has 0 spiro atoms. The summed E-state index contributed by atoms with van der Waals surface area (Å²) in [6.45, 7) is 3.59. The summed E-state index contributed by atoms with van der Waals surface area (Å²) < 4.78 is 51.4. The molecule has 0 amide bonds. The predicted octanol–water partition coefficient (Wildman–Crippen LogP) is 5.62. The number of para-hydroxylation sites is 2. The number of aromatic nitrogens is 3. The van der Waals surface area contributed by atoms with Crippen LogP contribution in [0.3, 0.4) is 0 Å². The first-order chi connectivity index (χ1) is 14.3. The van der Waals surface area contributed by atoms with Crippen LogP contribution in [-0.2, 0) is 12.6 Å². The Labute approximate surface area is 170 Å². The second kappa shape index (κ2) is 7.78. The Kier molecular flexibility index (Phi) is 5.15. The van der Waals surface area contributed by atoms with Crippen molar-refractivity contribution < 1.29 is 22.3 Å². The highest BCUT2D eigenvalue weighted by molar-refractivity contribution is 5.72. The molecular weight excluding hydrogens is 395 g/mol. The summed E-state index contributed by atoms with van der Waals surface area (Å²) in [6, 6.07) is 14.1. The molecule has 0 aliphatic carbocycles. The lowest BCUT2D eigenvalue weighted by Crippen LogP contribution is -2.15. The van der Waals surface area contributed by atoms with Gasteiger partial charge in [0, 0.05) is 11.4 Å². The minimum absolute atomic E-state index is 0.0889. The van der Waals surface area contributed by atoms with Crippen LogP contribution in [0.2, 0.25) is 0 Å². The Balaban J connectivity index is 1.72. The van der Waals surface area contributed by atoms with E-state index in [0.29, 0.717) is 33.9 Å². The number of benzene rings is 2. The molecule has 0 saturated carbocycles. The maximum Gasteiger partial charge on any atom is 0.416 e. The van der Waals surface area contributed by atoms with Gasteiger partial charge in [-0.25, -0.2) is 15.0 Å². The van der Waals surface area contributed by atoms with Crippen LogP contribution < -0.4 is 4.74 Å². The number of oxazole rings is 1. The molecule has 0 saturated heterocycles. The molecule has 4 aromatic rings. The lowest BCUT2D eigenvalue weighted by molar-refractivity contribution is -0.137. The molecule has 154 valence electrons. The van der Waals surface area contributed by atoms with E-state index in [4.69, 9.17) is 9.15 Å². The Hall–Kier alpha value is -3.42. The second-order valence-electron chi connectivity index (χ2n) is 6.94. The van der Waals surface area contributed by atoms with Gasteiger partial charge in [0.05, 0.1) is 12.0 Å². The van der Waals surface area contributed by atoms with E-state index >= 15 is 0 Å². The average molecular weight is 413 g/mol. The zero-order valence-corrected chi connectivity index (χ0v) is 16.3. The molecule has 0 bridgehead atoms. The van der Waals surface area contributed by atoms with E-state index in [1.54, 1.807) is 38.1 Å². The van der Waals surface area contributed by atoms with E-state index in [1.807, 2.05) is 12.1 Å². The topological polar surface area (TPSA) is 61.0 Å². The molecule has 8 heteroatoms. The van der Waals surface area contributed by atoms with Crippen molar-refractivity contribution in [2.45, 2.75) is 32.5 Å². The number of alkyl halides is 3. The molecule has 0 aliphatic rings. The Bertz CT molecular complexity index is 1130. The lowest BCUT2D eigenvalue weighted by atomic mass is 10.0. The van der Waals surface area contributed by atoms with Crippen molar-refractivity contribution in [3.05, 3.63) is 83.0 Å². The highest BCUT2D eigenvalue weighted by Gasteiger charge is 2.31. The van der Waals surface area contributed by atoms with Crippen LogP contribution in [0, 0.1) is 13.8 Å². The Morgan fingerprint density at radius 3 is 2.37 bits per heavy atom. The molecule has 2 aromatic carbocycles. The first kappa shape index (κ1) is 19.9. The zero-order valence-electron chi connectivity index (χ0n) is 16.3. The fourth-order valence-electron chi connectivity index (χ4n) is 3.18. The quantitative estimate of drug-likeness (QED) is 0.425. The van der Waals surface area contributed by atoms with Gasteiger partial charge in [-0.15, -0.1) is 0 Å². The van der Waals surface area contributed by atoms with E-state index in [1.165, 1.54) is 6.07 Å². The summed E-state index contributed by atoms with van der Waals surface area (Å²) in [4.78, 5) is 12.9. The number of fused-ring (bicyclic) bond motifs is 1. The molecule has 4 rings (SSSR count). The molecule has 0 fully saturated rings. The van der Waals surface area contributed by atoms with E-state index in [2.05, 4.69) is 15.0 Å². The van der Waals surface area contributed by atoms with Crippen LogP contribution in [0.1, 0.15) is 34.5 Å². The lowest BCUT2D eigenvalue weighted by Gasteiger charge is -2.18. The zero-order chi connectivity index (χ0) is 21.3. The molecule has 2 aromatic heterocycles. The standard InChI is InChI=1S/C22H18F3N3O2/c1-13-10-14(2)27-21(26-13)30-19(15-6-5-7-16(11-15)22(23,24)25)12-20-28-17-8-3-4-9-18(17)29-20/h3-11,19H,12H2,1-2H3. The maximum absolute atomic E-state index is 13.2. The molecular formula is C22H18F3N3O2. The van der Waals surface area contributed by atoms with Gasteiger partial charge < -0.3 is 9.15 Å². The van der Waals surface area contributed by atoms with Crippen molar-refractivity contribution in [2.24, 2.45) is 0 Å². The minimum atomic E-state index is -4.46. The third kappa shape index (κ3) is 4.42. The van der Waals surface area contributed by atoms with Gasteiger partial charge in [-0.3, -0.25) is 0 Å². The monoisotopic (exact) mass is 413 g/mol. The molecule has 0 N–H and O–H groups in total. The van der Waals surface area contributed by atoms with Crippen molar-refractivity contribution in [3.63, 3.8) is 0 Å². The van der Waals surface area contributed by atoms with Gasteiger partial charge >= 0.3 is 12.2 Å². The number of aryl methyl sites for hydroxylation is 2. The molecule has 0 aliphatic heterocycles. The number of ether oxygens (including phenoxy) is 1. The van der Waals surface area contributed by atoms with Crippen LogP contribution in [0.25, 0.3) is 11.1 Å². The smallest absolute Gasteiger partial charge is 0.416 e. The number of hydrogen-bond acceptors (Lipinski definition) is 5. The SMILES string of the molecule is Cc1cc(C)nc(OC(Cc2nc3ccccc3o2)c2cccc(C(F)(F)F)c2)n1. The largest absolute Gasteiger partial charge is 0.455 e. The highest BCUT2D eigenvalue weighted by atomic mass is 19.4. The third-order valence-corrected chi connectivity index (χ3v) is 4.49. The van der Waals surface area contributed by atoms with Crippen LogP contribution >= 0.6 is 0 Å². The van der Waals surface area contributed by atoms with E-state index in [0.717, 1.165) is 12.1 Å². The summed E-state index contributed by atoms with van der Waals surface area (Å²) >= 11 is 0. The minimum Gasteiger partial charge on any atom is -0.455 e. The van der Waals surface area contributed by atoms with Crippen LogP contribution in [0.15, 0.2) is 59.0 Å². The Morgan fingerprint density at radius 2 is 1.67 bits per heavy atom. The first-order valence-corrected chi connectivity index (χ1v) is 9.28. The van der Waals surface area contributed by atoms with Crippen molar-refractivity contribution in [1.82, 2.24) is 15.0 Å². The third-order valence-electron chi connectivity index (χ3n) is 4.49. The Morgan fingerprint density at radius 1 is 0.933 bits per heavy atom. The first-order valence-electron chi connectivity index (χ1n) is 9.28. The maximum atomic E-state index is 13.2. The van der Waals surface area contributed by atoms with Gasteiger partial charge in [-0.1, -0.05) is 24.3 Å². The molecule has 1 atom stereocenters. The van der Waals surface area contributed by atoms with Crippen molar-refractivity contribution in [2.75, 3.05) is 0 Å². The van der Waals surface area contributed by atoms with Crippen LogP contribution in [0.4, 0.5) is 13.2 Å². The second-order valence-corrected chi connectivity index (χ2v) is 6.94. The fraction of sp³-hybridized carbons (Fsp3) is 0.227. The fourth-order valence-corrected chi connectivity index (χ4v) is 3.18. The summed E-state index contributed by atoms with van der Waals surface area (Å²) in [7, 11) is 0. The van der Waals surface area contributed by atoms with Crippen molar-refractivity contribution >= 4 is 11.1 Å².